The van der Waals surface area contributed by atoms with Crippen molar-refractivity contribution in [2.45, 2.75) is 50.6 Å². The molecule has 1 heterocycles. The van der Waals surface area contributed by atoms with Gasteiger partial charge in [0.2, 0.25) is 5.91 Å². The average molecular weight is 426 g/mol. The summed E-state index contributed by atoms with van der Waals surface area (Å²) >= 11 is 4.40. The van der Waals surface area contributed by atoms with Crippen LogP contribution in [-0.2, 0) is 16.1 Å². The summed E-state index contributed by atoms with van der Waals surface area (Å²) in [5, 5.41) is 22.8. The molecule has 1 aliphatic heterocycles. The molecule has 0 aliphatic carbocycles. The minimum atomic E-state index is -0.719. The number of nitrogens with one attached hydrogen (secondary N) is 1. The fourth-order valence-electron chi connectivity index (χ4n) is 3.25. The number of nitro benzene ring substituents is 1. The van der Waals surface area contributed by atoms with Crippen molar-refractivity contribution in [2.75, 3.05) is 13.2 Å². The number of nitro groups is 1. The molecule has 1 fully saturated rings. The van der Waals surface area contributed by atoms with Gasteiger partial charge in [-0.05, 0) is 36.5 Å². The van der Waals surface area contributed by atoms with Crippen molar-refractivity contribution in [3.05, 3.63) is 39.9 Å². The molecular formula is C19H27N3O6S. The largest absolute Gasteiger partial charge is 0.445 e. The Balaban J connectivity index is 1.96. The predicted octanol–water partition coefficient (Wildman–Crippen LogP) is 2.13. The molecule has 0 aromatic heterocycles. The molecule has 1 aliphatic rings. The molecule has 2 amide bonds. The number of aliphatic hydroxyl groups excluding tert-OH is 1. The smallest absolute Gasteiger partial charge is 0.410 e. The molecular weight excluding hydrogens is 398 g/mol. The number of thiol groups is 1. The Morgan fingerprint density at radius 3 is 2.59 bits per heavy atom. The highest BCUT2D eigenvalue weighted by molar-refractivity contribution is 7.81. The van der Waals surface area contributed by atoms with Gasteiger partial charge in [0, 0.05) is 23.9 Å². The summed E-state index contributed by atoms with van der Waals surface area (Å²) in [5.74, 6) is -0.0371. The van der Waals surface area contributed by atoms with Gasteiger partial charge in [0.05, 0.1) is 17.6 Å². The molecule has 0 spiro atoms. The maximum Gasteiger partial charge on any atom is 0.410 e. The van der Waals surface area contributed by atoms with Crippen molar-refractivity contribution < 1.29 is 24.4 Å². The highest BCUT2D eigenvalue weighted by Crippen LogP contribution is 2.24. The Kier molecular flexibility index (Phi) is 8.27. The van der Waals surface area contributed by atoms with Crippen LogP contribution < -0.4 is 5.32 Å². The van der Waals surface area contributed by atoms with Gasteiger partial charge >= 0.3 is 6.09 Å². The first kappa shape index (κ1) is 23.0. The molecule has 29 heavy (non-hydrogen) atoms. The number of ether oxygens (including phenoxy) is 1. The molecule has 9 nitrogen and oxygen atoms in total. The van der Waals surface area contributed by atoms with E-state index in [-0.39, 0.29) is 42.6 Å². The zero-order valence-electron chi connectivity index (χ0n) is 16.5. The number of aliphatic hydroxyl groups is 1. The highest BCUT2D eigenvalue weighted by atomic mass is 32.1. The maximum atomic E-state index is 12.7. The normalized spacial score (nSPS) is 19.8. The van der Waals surface area contributed by atoms with Crippen LogP contribution in [0.5, 0.6) is 0 Å². The summed E-state index contributed by atoms with van der Waals surface area (Å²) in [6, 6.07) is 4.60. The number of non-ortho nitro benzene ring substituents is 1. The summed E-state index contributed by atoms with van der Waals surface area (Å²) < 4.78 is 5.29. The van der Waals surface area contributed by atoms with Crippen molar-refractivity contribution in [1.29, 1.82) is 0 Å². The second kappa shape index (κ2) is 10.4. The maximum absolute atomic E-state index is 12.7. The van der Waals surface area contributed by atoms with E-state index in [9.17, 15) is 24.8 Å². The van der Waals surface area contributed by atoms with Gasteiger partial charge in [-0.3, -0.25) is 19.8 Å². The quantitative estimate of drug-likeness (QED) is 0.333. The number of hydrogen-bond acceptors (Lipinski definition) is 7. The van der Waals surface area contributed by atoms with E-state index in [1.807, 2.05) is 13.8 Å². The number of rotatable bonds is 8. The van der Waals surface area contributed by atoms with Gasteiger partial charge in [-0.25, -0.2) is 4.79 Å². The minimum absolute atomic E-state index is 0.0471. The molecule has 10 heteroatoms. The lowest BCUT2D eigenvalue weighted by Gasteiger charge is -2.26. The summed E-state index contributed by atoms with van der Waals surface area (Å²) in [5.41, 5.74) is 0.554. The number of carbonyl (C=O) groups excluding carboxylic acids is 2. The van der Waals surface area contributed by atoms with E-state index in [2.05, 4.69) is 17.9 Å². The van der Waals surface area contributed by atoms with Crippen LogP contribution in [0.25, 0.3) is 0 Å². The number of likely N-dealkylation sites (tertiary alicyclic amines) is 1. The lowest BCUT2D eigenvalue weighted by Crippen LogP contribution is -2.50. The van der Waals surface area contributed by atoms with Crippen LogP contribution in [0.4, 0.5) is 10.5 Å². The lowest BCUT2D eigenvalue weighted by atomic mass is 10.0. The van der Waals surface area contributed by atoms with Crippen molar-refractivity contribution in [3.63, 3.8) is 0 Å². The van der Waals surface area contributed by atoms with Crippen LogP contribution >= 0.6 is 12.6 Å². The molecule has 0 saturated carbocycles. The lowest BCUT2D eigenvalue weighted by molar-refractivity contribution is -0.384. The molecule has 0 radical (unpaired) electrons. The van der Waals surface area contributed by atoms with Crippen molar-refractivity contribution >= 4 is 30.3 Å². The number of benzene rings is 1. The molecule has 1 aromatic rings. The van der Waals surface area contributed by atoms with Crippen LogP contribution in [0, 0.1) is 16.0 Å². The van der Waals surface area contributed by atoms with E-state index in [4.69, 9.17) is 4.74 Å². The van der Waals surface area contributed by atoms with Gasteiger partial charge in [0.25, 0.3) is 5.69 Å². The van der Waals surface area contributed by atoms with Crippen LogP contribution in [0.1, 0.15) is 32.3 Å². The third-order valence-electron chi connectivity index (χ3n) is 4.65. The minimum Gasteiger partial charge on any atom is -0.445 e. The zero-order valence-corrected chi connectivity index (χ0v) is 17.4. The van der Waals surface area contributed by atoms with E-state index in [1.54, 1.807) is 0 Å². The summed E-state index contributed by atoms with van der Waals surface area (Å²) in [7, 11) is 0. The predicted molar refractivity (Wildman–Crippen MR) is 110 cm³/mol. The number of hydrogen-bond donors (Lipinski definition) is 3. The van der Waals surface area contributed by atoms with E-state index >= 15 is 0 Å². The van der Waals surface area contributed by atoms with Crippen molar-refractivity contribution in [3.8, 4) is 0 Å². The molecule has 0 unspecified atom stereocenters. The Bertz CT molecular complexity index is 727. The van der Waals surface area contributed by atoms with E-state index < -0.39 is 17.1 Å². The first-order chi connectivity index (χ1) is 13.7. The first-order valence-electron chi connectivity index (χ1n) is 9.47. The summed E-state index contributed by atoms with van der Waals surface area (Å²) in [6.07, 6.45) is 0.370. The number of carbonyl (C=O) groups is 2. The molecule has 1 aromatic carbocycles. The van der Waals surface area contributed by atoms with Gasteiger partial charge in [-0.2, -0.15) is 12.6 Å². The highest BCUT2D eigenvalue weighted by Gasteiger charge is 2.39. The third kappa shape index (κ3) is 6.60. The second-order valence-electron chi connectivity index (χ2n) is 7.55. The third-order valence-corrected chi connectivity index (χ3v) is 5.02. The number of nitrogens with zero attached hydrogens (tertiary/aromatic N) is 2. The van der Waals surface area contributed by atoms with Crippen molar-refractivity contribution in [1.82, 2.24) is 10.2 Å². The molecule has 1 saturated heterocycles. The summed E-state index contributed by atoms with van der Waals surface area (Å²) in [4.78, 5) is 36.7. The summed E-state index contributed by atoms with van der Waals surface area (Å²) in [6.45, 7) is 4.03. The topological polar surface area (TPSA) is 122 Å². The Morgan fingerprint density at radius 1 is 1.38 bits per heavy atom. The Labute approximate surface area is 175 Å². The monoisotopic (exact) mass is 425 g/mol. The van der Waals surface area contributed by atoms with Gasteiger partial charge < -0.3 is 15.2 Å². The standard InChI is InChI=1S/C19H27N3O6S/c1-12(2)7-14(10-23)20-18(24)17-8-16(29)9-21(17)19(25)28-11-13-3-5-15(6-4-13)22(26)27/h3-6,12,14,16-17,23,29H,7-11H2,1-2H3,(H,20,24)/t14-,16+,17+/m1/s1. The number of amides is 2. The molecule has 160 valence electrons. The first-order valence-corrected chi connectivity index (χ1v) is 9.99. The Hall–Kier alpha value is -2.33. The van der Waals surface area contributed by atoms with Crippen LogP contribution in [0.3, 0.4) is 0 Å². The van der Waals surface area contributed by atoms with E-state index in [0.717, 1.165) is 0 Å². The van der Waals surface area contributed by atoms with Gasteiger partial charge in [-0.1, -0.05) is 13.8 Å². The molecule has 0 bridgehead atoms. The van der Waals surface area contributed by atoms with Crippen molar-refractivity contribution in [2.24, 2.45) is 5.92 Å². The van der Waals surface area contributed by atoms with Crippen LogP contribution in [0.15, 0.2) is 24.3 Å². The zero-order chi connectivity index (χ0) is 21.6. The Morgan fingerprint density at radius 2 is 2.03 bits per heavy atom. The van der Waals surface area contributed by atoms with Crippen LogP contribution in [-0.4, -0.2) is 57.4 Å². The van der Waals surface area contributed by atoms with Crippen LogP contribution in [0.2, 0.25) is 0 Å². The van der Waals surface area contributed by atoms with Gasteiger partial charge in [0.1, 0.15) is 12.6 Å². The van der Waals surface area contributed by atoms with E-state index in [0.29, 0.717) is 24.3 Å². The SMILES string of the molecule is CC(C)C[C@H](CO)NC(=O)[C@@H]1C[C@H](S)CN1C(=O)OCc1ccc([N+](=O)[O-])cc1. The van der Waals surface area contributed by atoms with Gasteiger partial charge in [-0.15, -0.1) is 0 Å². The fraction of sp³-hybridized carbons (Fsp3) is 0.579. The molecule has 2 rings (SSSR count). The van der Waals surface area contributed by atoms with Gasteiger partial charge in [0.15, 0.2) is 0 Å². The average Bonchev–Trinajstić information content (AvgIpc) is 3.07. The fourth-order valence-corrected chi connectivity index (χ4v) is 3.63. The molecule has 3 atom stereocenters. The van der Waals surface area contributed by atoms with E-state index in [1.165, 1.54) is 29.2 Å². The second-order valence-corrected chi connectivity index (χ2v) is 8.28. The molecule has 2 N–H and O–H groups in total.